The average Bonchev–Trinajstić information content (AvgIpc) is 3.21. The normalized spacial score (nSPS) is 11.4. The first kappa shape index (κ1) is 20.0. The first-order valence-electron chi connectivity index (χ1n) is 8.28. The maximum atomic E-state index is 12.8. The number of benzene rings is 1. The van der Waals surface area contributed by atoms with Crippen molar-refractivity contribution in [3.8, 4) is 0 Å². The molecule has 2 heterocycles. The van der Waals surface area contributed by atoms with E-state index < -0.39 is 22.6 Å². The van der Waals surface area contributed by atoms with Crippen LogP contribution in [0.5, 0.6) is 0 Å². The number of alkyl halides is 3. The van der Waals surface area contributed by atoms with Crippen molar-refractivity contribution in [3.63, 3.8) is 0 Å². The van der Waals surface area contributed by atoms with Crippen molar-refractivity contribution in [1.29, 1.82) is 0 Å². The van der Waals surface area contributed by atoms with E-state index in [0.717, 1.165) is 18.3 Å². The third kappa shape index (κ3) is 4.78. The molecular weight excluding hydrogens is 393 g/mol. The van der Waals surface area contributed by atoms with E-state index in [9.17, 15) is 28.1 Å². The zero-order valence-corrected chi connectivity index (χ0v) is 15.1. The SMILES string of the molecule is Cc1c([N+](=O)[O-])cnn1CC(=O)Nc1cnn(Cc2cccc(C(F)(F)F)c2)c1. The molecule has 0 radical (unpaired) electrons. The number of amides is 1. The van der Waals surface area contributed by atoms with Crippen LogP contribution in [0.3, 0.4) is 0 Å². The topological polar surface area (TPSA) is 108 Å². The van der Waals surface area contributed by atoms with Gasteiger partial charge < -0.3 is 5.32 Å². The van der Waals surface area contributed by atoms with Crippen LogP contribution in [0.15, 0.2) is 42.9 Å². The number of hydrogen-bond acceptors (Lipinski definition) is 5. The minimum absolute atomic E-state index is 0.0875. The van der Waals surface area contributed by atoms with Gasteiger partial charge in [0, 0.05) is 6.20 Å². The maximum Gasteiger partial charge on any atom is 0.416 e. The van der Waals surface area contributed by atoms with Crippen LogP contribution < -0.4 is 5.32 Å². The minimum Gasteiger partial charge on any atom is -0.322 e. The highest BCUT2D eigenvalue weighted by Crippen LogP contribution is 2.29. The molecule has 9 nitrogen and oxygen atoms in total. The van der Waals surface area contributed by atoms with Gasteiger partial charge in [-0.05, 0) is 24.6 Å². The van der Waals surface area contributed by atoms with Crippen molar-refractivity contribution in [2.24, 2.45) is 0 Å². The highest BCUT2D eigenvalue weighted by molar-refractivity contribution is 5.90. The Morgan fingerprint density at radius 3 is 2.69 bits per heavy atom. The molecule has 0 saturated heterocycles. The number of hydrogen-bond donors (Lipinski definition) is 1. The Labute approximate surface area is 161 Å². The van der Waals surface area contributed by atoms with Crippen LogP contribution in [0.2, 0.25) is 0 Å². The molecular formula is C17H15F3N6O3. The van der Waals surface area contributed by atoms with Gasteiger partial charge in [0.25, 0.3) is 0 Å². The van der Waals surface area contributed by atoms with Gasteiger partial charge in [-0.2, -0.15) is 23.4 Å². The van der Waals surface area contributed by atoms with Gasteiger partial charge >= 0.3 is 11.9 Å². The van der Waals surface area contributed by atoms with Gasteiger partial charge in [0.05, 0.1) is 28.9 Å². The Bertz CT molecular complexity index is 1060. The number of anilines is 1. The summed E-state index contributed by atoms with van der Waals surface area (Å²) in [5.74, 6) is -0.482. The standard InChI is InChI=1S/C17H15F3N6O3/c1-11-15(26(28)29)7-22-25(11)10-16(27)23-14-6-21-24(9-14)8-12-3-2-4-13(5-12)17(18,19)20/h2-7,9H,8,10H2,1H3,(H,23,27). The molecule has 29 heavy (non-hydrogen) atoms. The van der Waals surface area contributed by atoms with E-state index in [4.69, 9.17) is 0 Å². The molecule has 0 saturated carbocycles. The van der Waals surface area contributed by atoms with E-state index >= 15 is 0 Å². The molecule has 0 bridgehead atoms. The number of aromatic nitrogens is 4. The van der Waals surface area contributed by atoms with Crippen LogP contribution in [0.1, 0.15) is 16.8 Å². The fraction of sp³-hybridized carbons (Fsp3) is 0.235. The molecule has 12 heteroatoms. The van der Waals surface area contributed by atoms with Crippen LogP contribution in [0.4, 0.5) is 24.5 Å². The summed E-state index contributed by atoms with van der Waals surface area (Å²) in [5, 5.41) is 21.2. The molecule has 2 aromatic heterocycles. The Balaban J connectivity index is 1.63. The number of rotatable bonds is 6. The van der Waals surface area contributed by atoms with Crippen LogP contribution in [0, 0.1) is 17.0 Å². The van der Waals surface area contributed by atoms with Crippen LogP contribution in [-0.4, -0.2) is 30.4 Å². The molecule has 0 aliphatic rings. The third-order valence-electron chi connectivity index (χ3n) is 4.08. The zero-order valence-electron chi connectivity index (χ0n) is 15.1. The molecule has 3 aromatic rings. The van der Waals surface area contributed by atoms with E-state index in [1.807, 2.05) is 0 Å². The lowest BCUT2D eigenvalue weighted by Gasteiger charge is -2.08. The first-order valence-corrected chi connectivity index (χ1v) is 8.28. The summed E-state index contributed by atoms with van der Waals surface area (Å²) >= 11 is 0. The molecule has 0 unspecified atom stereocenters. The fourth-order valence-corrected chi connectivity index (χ4v) is 2.66. The van der Waals surface area contributed by atoms with E-state index in [-0.39, 0.29) is 24.5 Å². The maximum absolute atomic E-state index is 12.8. The number of carbonyl (C=O) groups is 1. The van der Waals surface area contributed by atoms with E-state index in [1.54, 1.807) is 6.07 Å². The number of nitro groups is 1. The lowest BCUT2D eigenvalue weighted by molar-refractivity contribution is -0.385. The van der Waals surface area contributed by atoms with Gasteiger partial charge in [-0.15, -0.1) is 0 Å². The number of halogens is 3. The van der Waals surface area contributed by atoms with Gasteiger partial charge in [0.1, 0.15) is 18.4 Å². The summed E-state index contributed by atoms with van der Waals surface area (Å²) in [5.41, 5.74) is 0.0398. The Morgan fingerprint density at radius 1 is 1.28 bits per heavy atom. The van der Waals surface area contributed by atoms with Crippen molar-refractivity contribution in [3.05, 3.63) is 69.8 Å². The molecule has 1 amide bonds. The van der Waals surface area contributed by atoms with Gasteiger partial charge in [0.2, 0.25) is 5.91 Å². The summed E-state index contributed by atoms with van der Waals surface area (Å²) in [7, 11) is 0. The van der Waals surface area contributed by atoms with E-state index in [0.29, 0.717) is 11.3 Å². The predicted molar refractivity (Wildman–Crippen MR) is 95.0 cm³/mol. The van der Waals surface area contributed by atoms with Crippen LogP contribution in [-0.2, 0) is 24.1 Å². The minimum atomic E-state index is -4.43. The van der Waals surface area contributed by atoms with E-state index in [1.165, 1.54) is 34.7 Å². The molecule has 0 fully saturated rings. The van der Waals surface area contributed by atoms with Crippen molar-refractivity contribution in [1.82, 2.24) is 19.6 Å². The van der Waals surface area contributed by atoms with Crippen molar-refractivity contribution in [2.45, 2.75) is 26.2 Å². The van der Waals surface area contributed by atoms with Crippen LogP contribution >= 0.6 is 0 Å². The molecule has 0 spiro atoms. The summed E-state index contributed by atoms with van der Waals surface area (Å²) in [6, 6.07) is 4.88. The van der Waals surface area contributed by atoms with E-state index in [2.05, 4.69) is 15.5 Å². The van der Waals surface area contributed by atoms with Crippen molar-refractivity contribution < 1.29 is 22.9 Å². The fourth-order valence-electron chi connectivity index (χ4n) is 2.66. The number of nitrogens with zero attached hydrogens (tertiary/aromatic N) is 5. The van der Waals surface area contributed by atoms with Gasteiger partial charge in [-0.1, -0.05) is 12.1 Å². The predicted octanol–water partition coefficient (Wildman–Crippen LogP) is 3.00. The summed E-state index contributed by atoms with van der Waals surface area (Å²) in [6.07, 6.45) is -0.546. The van der Waals surface area contributed by atoms with Gasteiger partial charge in [-0.25, -0.2) is 0 Å². The summed E-state index contributed by atoms with van der Waals surface area (Å²) in [4.78, 5) is 22.4. The Kier molecular flexibility index (Phi) is 5.35. The van der Waals surface area contributed by atoms with Gasteiger partial charge in [-0.3, -0.25) is 24.3 Å². The molecule has 0 aliphatic carbocycles. The highest BCUT2D eigenvalue weighted by Gasteiger charge is 2.30. The molecule has 3 rings (SSSR count). The van der Waals surface area contributed by atoms with Crippen molar-refractivity contribution >= 4 is 17.3 Å². The molecule has 1 N–H and O–H groups in total. The molecule has 0 aliphatic heterocycles. The monoisotopic (exact) mass is 408 g/mol. The molecule has 152 valence electrons. The lowest BCUT2D eigenvalue weighted by atomic mass is 10.1. The summed E-state index contributed by atoms with van der Waals surface area (Å²) < 4.78 is 41.0. The second kappa shape index (κ2) is 7.73. The number of carbonyl (C=O) groups excluding carboxylic acids is 1. The highest BCUT2D eigenvalue weighted by atomic mass is 19.4. The zero-order chi connectivity index (χ0) is 21.2. The average molecular weight is 408 g/mol. The molecule has 0 atom stereocenters. The Morgan fingerprint density at radius 2 is 2.03 bits per heavy atom. The van der Waals surface area contributed by atoms with Gasteiger partial charge in [0.15, 0.2) is 0 Å². The third-order valence-corrected chi connectivity index (χ3v) is 4.08. The van der Waals surface area contributed by atoms with Crippen molar-refractivity contribution in [2.75, 3.05) is 5.32 Å². The second-order valence-electron chi connectivity index (χ2n) is 6.20. The lowest BCUT2D eigenvalue weighted by Crippen LogP contribution is -2.20. The summed E-state index contributed by atoms with van der Waals surface area (Å²) in [6.45, 7) is 1.33. The molecule has 1 aromatic carbocycles. The number of nitrogens with one attached hydrogen (secondary N) is 1. The Hall–Kier alpha value is -3.70. The van der Waals surface area contributed by atoms with Crippen LogP contribution in [0.25, 0.3) is 0 Å². The second-order valence-corrected chi connectivity index (χ2v) is 6.20. The quantitative estimate of drug-likeness (QED) is 0.498. The largest absolute Gasteiger partial charge is 0.416 e. The first-order chi connectivity index (χ1) is 13.6. The smallest absolute Gasteiger partial charge is 0.322 e.